The second kappa shape index (κ2) is 17.5. The average molecular weight is 911 g/mol. The van der Waals surface area contributed by atoms with Crippen molar-refractivity contribution >= 4 is 55.5 Å². The van der Waals surface area contributed by atoms with Crippen molar-refractivity contribution in [3.63, 3.8) is 0 Å². The number of piperazine rings is 1. The van der Waals surface area contributed by atoms with Crippen LogP contribution in [0.3, 0.4) is 0 Å². The number of halogens is 1. The zero-order chi connectivity index (χ0) is 44.9. The van der Waals surface area contributed by atoms with Crippen LogP contribution in [-0.4, -0.2) is 95.9 Å². The van der Waals surface area contributed by atoms with Crippen molar-refractivity contribution < 1.29 is 37.8 Å². The Labute approximate surface area is 376 Å². The van der Waals surface area contributed by atoms with Crippen LogP contribution in [0.1, 0.15) is 61.9 Å². The fourth-order valence-corrected chi connectivity index (χ4v) is 11.1. The number of nitrogens with zero attached hydrogens (tertiary/aromatic N) is 4. The number of sulfonamides is 1. The van der Waals surface area contributed by atoms with Gasteiger partial charge in [-0.2, -0.15) is 0 Å². The molecule has 1 unspecified atom stereocenters. The first-order valence-electron chi connectivity index (χ1n) is 21.6. The average Bonchev–Trinajstić information content (AvgIpc) is 3.99. The van der Waals surface area contributed by atoms with Gasteiger partial charge in [0.2, 0.25) is 0 Å². The van der Waals surface area contributed by atoms with Crippen molar-refractivity contribution in [2.75, 3.05) is 44.2 Å². The van der Waals surface area contributed by atoms with Crippen molar-refractivity contribution in [3.8, 4) is 17.2 Å². The molecule has 5 atom stereocenters. The van der Waals surface area contributed by atoms with E-state index in [-0.39, 0.29) is 46.8 Å². The number of carbonyl (C=O) groups excluding carboxylic acids is 1. The number of rotatable bonds is 13. The molecule has 2 aromatic heterocycles. The molecule has 0 spiro atoms. The lowest BCUT2D eigenvalue weighted by Gasteiger charge is -2.39. The lowest BCUT2D eigenvalue weighted by molar-refractivity contribution is -0.386. The minimum atomic E-state index is -4.64. The van der Waals surface area contributed by atoms with Gasteiger partial charge in [0.1, 0.15) is 17.1 Å². The van der Waals surface area contributed by atoms with Gasteiger partial charge in [0.25, 0.3) is 15.9 Å². The van der Waals surface area contributed by atoms with Crippen molar-refractivity contribution in [2.45, 2.75) is 63.1 Å². The van der Waals surface area contributed by atoms with Crippen LogP contribution in [0.4, 0.5) is 11.4 Å². The summed E-state index contributed by atoms with van der Waals surface area (Å²) >= 11 is 6.24. The monoisotopic (exact) mass is 910 g/mol. The first kappa shape index (κ1) is 43.7. The van der Waals surface area contributed by atoms with Crippen molar-refractivity contribution in [1.29, 1.82) is 0 Å². The predicted molar refractivity (Wildman–Crippen MR) is 242 cm³/mol. The molecule has 9 rings (SSSR count). The molecule has 3 heterocycles. The van der Waals surface area contributed by atoms with Gasteiger partial charge in [-0.1, -0.05) is 43.2 Å². The Morgan fingerprint density at radius 3 is 2.52 bits per heavy atom. The highest BCUT2D eigenvalue weighted by Gasteiger charge is 2.51. The summed E-state index contributed by atoms with van der Waals surface area (Å²) in [6.45, 7) is 8.59. The molecule has 1 aliphatic heterocycles. The van der Waals surface area contributed by atoms with E-state index in [1.165, 1.54) is 35.0 Å². The third-order valence-corrected chi connectivity index (χ3v) is 15.1. The molecule has 4 N–H and O–H groups in total. The summed E-state index contributed by atoms with van der Waals surface area (Å²) in [6.07, 6.45) is 6.00. The third kappa shape index (κ3) is 9.07. The third-order valence-electron chi connectivity index (χ3n) is 13.5. The highest BCUT2D eigenvalue weighted by molar-refractivity contribution is 7.90. The highest BCUT2D eigenvalue weighted by atomic mass is 35.5. The zero-order valence-corrected chi connectivity index (χ0v) is 37.1. The van der Waals surface area contributed by atoms with Gasteiger partial charge in [0, 0.05) is 67.1 Å². The number of pyridine rings is 1. The van der Waals surface area contributed by atoms with Crippen LogP contribution < -0.4 is 19.1 Å². The van der Waals surface area contributed by atoms with Crippen molar-refractivity contribution in [2.24, 2.45) is 23.2 Å². The SMILES string of the molecule is CC1(C)CCC(CN2CCN(c3ccc(C(=O)NS(=O)(=O)c4ccc(OC[C@H]5C[C@@H]6C[C@H]5[C@H](O)C6O)c([N+](=O)[O-])c4)c(Oc4cnc5[nH]ccc5c4)c3)CC2)=C(c2ccc(Cl)cc2)C1. The lowest BCUT2D eigenvalue weighted by Crippen LogP contribution is -2.47. The number of aliphatic hydroxyl groups excluding tert-OH is 2. The molecule has 0 radical (unpaired) electrons. The van der Waals surface area contributed by atoms with Crippen LogP contribution in [0.15, 0.2) is 95.7 Å². The predicted octanol–water partition coefficient (Wildman–Crippen LogP) is 7.58. The van der Waals surface area contributed by atoms with Gasteiger partial charge < -0.3 is 29.6 Å². The summed E-state index contributed by atoms with van der Waals surface area (Å²) in [5.74, 6) is -1.09. The number of carbonyl (C=O) groups is 1. The molecule has 15 nitrogen and oxygen atoms in total. The summed E-state index contributed by atoms with van der Waals surface area (Å²) in [7, 11) is -4.64. The Morgan fingerprint density at radius 1 is 1.00 bits per heavy atom. The number of amides is 1. The van der Waals surface area contributed by atoms with Gasteiger partial charge in [-0.05, 0) is 115 Å². The van der Waals surface area contributed by atoms with Crippen LogP contribution >= 0.6 is 11.6 Å². The number of hydrogen-bond donors (Lipinski definition) is 4. The van der Waals surface area contributed by atoms with Crippen LogP contribution in [0.25, 0.3) is 16.6 Å². The molecule has 3 aliphatic carbocycles. The van der Waals surface area contributed by atoms with E-state index < -0.39 is 43.6 Å². The van der Waals surface area contributed by atoms with E-state index in [2.05, 4.69) is 50.5 Å². The molecule has 1 amide bonds. The maximum Gasteiger partial charge on any atom is 0.312 e. The molecule has 3 fully saturated rings. The Bertz CT molecular complexity index is 2730. The maximum absolute atomic E-state index is 13.9. The molecule has 2 saturated carbocycles. The number of anilines is 1. The Kier molecular flexibility index (Phi) is 11.9. The lowest BCUT2D eigenvalue weighted by atomic mass is 9.72. The number of aromatic amines is 1. The number of fused-ring (bicyclic) bond motifs is 3. The fraction of sp³-hybridized carbons (Fsp3) is 0.404. The topological polar surface area (TPSA) is 200 Å². The summed E-state index contributed by atoms with van der Waals surface area (Å²) in [5, 5.41) is 34.1. The smallest absolute Gasteiger partial charge is 0.312 e. The van der Waals surface area contributed by atoms with Gasteiger partial charge in [0.15, 0.2) is 5.75 Å². The minimum absolute atomic E-state index is 0.0540. The van der Waals surface area contributed by atoms with Crippen LogP contribution in [0, 0.1) is 33.3 Å². The quantitative estimate of drug-likeness (QED) is 0.0668. The van der Waals surface area contributed by atoms with Crippen LogP contribution in [0.5, 0.6) is 17.2 Å². The Balaban J connectivity index is 0.920. The molecule has 2 bridgehead atoms. The van der Waals surface area contributed by atoms with Crippen molar-refractivity contribution in [1.82, 2.24) is 19.6 Å². The molecular weight excluding hydrogens is 860 g/mol. The second-order valence-corrected chi connectivity index (χ2v) is 20.4. The van der Waals surface area contributed by atoms with Gasteiger partial charge >= 0.3 is 5.69 Å². The first-order valence-corrected chi connectivity index (χ1v) is 23.5. The Hall–Kier alpha value is -5.52. The summed E-state index contributed by atoms with van der Waals surface area (Å²) in [4.78, 5) is 37.0. The van der Waals surface area contributed by atoms with Gasteiger partial charge in [-0.25, -0.2) is 18.1 Å². The Morgan fingerprint density at radius 2 is 1.78 bits per heavy atom. The van der Waals surface area contributed by atoms with E-state index in [9.17, 15) is 33.5 Å². The van der Waals surface area contributed by atoms with E-state index in [1.807, 2.05) is 18.2 Å². The highest BCUT2D eigenvalue weighted by Crippen LogP contribution is 2.49. The largest absolute Gasteiger partial charge is 0.487 e. The first-order chi connectivity index (χ1) is 30.6. The molecule has 4 aliphatic rings. The van der Waals surface area contributed by atoms with Crippen LogP contribution in [-0.2, 0) is 10.0 Å². The van der Waals surface area contributed by atoms with Gasteiger partial charge in [-0.3, -0.25) is 19.8 Å². The number of H-pyrrole nitrogens is 1. The van der Waals surface area contributed by atoms with Gasteiger partial charge in [-0.15, -0.1) is 0 Å². The van der Waals surface area contributed by atoms with Crippen molar-refractivity contribution in [3.05, 3.63) is 117 Å². The summed E-state index contributed by atoms with van der Waals surface area (Å²) in [5.41, 5.74) is 5.05. The number of aliphatic hydroxyl groups is 2. The number of ether oxygens (including phenoxy) is 2. The molecule has 64 heavy (non-hydrogen) atoms. The summed E-state index contributed by atoms with van der Waals surface area (Å²) < 4.78 is 41.6. The number of nitro benzene ring substituents is 1. The molecule has 336 valence electrons. The maximum atomic E-state index is 13.9. The number of hydrogen-bond acceptors (Lipinski definition) is 12. The molecule has 1 saturated heterocycles. The number of benzene rings is 3. The van der Waals surface area contributed by atoms with Gasteiger partial charge in [0.05, 0.1) is 40.4 Å². The standard InChI is InChI=1S/C47H51ClN6O9S/c1-47(2)13-11-30(39(24-47)28-3-5-33(48)6-4-28)26-52-15-17-53(18-16-52)34-7-9-37(42(22-34)63-35-20-29-12-14-49-45(29)50-25-35)46(57)51-64(60,61)36-8-10-41(40(23-36)54(58)59)62-27-32-19-31-21-38(32)44(56)43(31)55/h3-10,12,14,20,22-23,25,31-32,38,43-44,55-56H,11,13,15-19,21,24,26-27H2,1-2H3,(H,49,50)(H,51,57)/t31-,32-,38-,43?,44+/m1/s1. The molecule has 3 aromatic carbocycles. The fourth-order valence-electron chi connectivity index (χ4n) is 9.96. The minimum Gasteiger partial charge on any atom is -0.487 e. The number of aromatic nitrogens is 2. The number of nitro groups is 1. The molecular formula is C47H51ClN6O9S. The zero-order valence-electron chi connectivity index (χ0n) is 35.6. The van der Waals surface area contributed by atoms with E-state index >= 15 is 0 Å². The number of allylic oxidation sites excluding steroid dienone is 1. The van der Waals surface area contributed by atoms with E-state index in [0.29, 0.717) is 37.3 Å². The molecule has 17 heteroatoms. The number of nitrogens with one attached hydrogen (secondary N) is 2. The molecule has 5 aromatic rings. The normalized spacial score (nSPS) is 23.4. The van der Waals surface area contributed by atoms with Crippen LogP contribution in [0.2, 0.25) is 5.02 Å². The van der Waals surface area contributed by atoms with E-state index in [0.717, 1.165) is 67.1 Å². The van der Waals surface area contributed by atoms with E-state index in [1.54, 1.807) is 24.4 Å². The summed E-state index contributed by atoms with van der Waals surface area (Å²) in [6, 6.07) is 19.9. The van der Waals surface area contributed by atoms with E-state index in [4.69, 9.17) is 21.1 Å². The second-order valence-electron chi connectivity index (χ2n) is 18.3.